The van der Waals surface area contributed by atoms with Gasteiger partial charge in [0.1, 0.15) is 5.75 Å². The third kappa shape index (κ3) is 4.15. The standard InChI is InChI=1S/C17H25N3O3/c1-4-19(5-2)17(22)18-11-13-10-16(21)20(12-13)14-6-8-15(23-3)9-7-14/h6-9,13H,4-5,10-12H2,1-3H3,(H,18,22). The largest absolute Gasteiger partial charge is 0.497 e. The van der Waals surface area contributed by atoms with E-state index in [2.05, 4.69) is 5.32 Å². The summed E-state index contributed by atoms with van der Waals surface area (Å²) in [5.74, 6) is 1.00. The highest BCUT2D eigenvalue weighted by Crippen LogP contribution is 2.26. The number of hydrogen-bond acceptors (Lipinski definition) is 3. The summed E-state index contributed by atoms with van der Waals surface area (Å²) in [4.78, 5) is 27.7. The van der Waals surface area contributed by atoms with Crippen LogP contribution in [0.15, 0.2) is 24.3 Å². The molecule has 1 heterocycles. The Balaban J connectivity index is 1.90. The molecule has 0 bridgehead atoms. The van der Waals surface area contributed by atoms with Crippen molar-refractivity contribution in [3.8, 4) is 5.75 Å². The van der Waals surface area contributed by atoms with Gasteiger partial charge in [-0.2, -0.15) is 0 Å². The molecule has 1 fully saturated rings. The SMILES string of the molecule is CCN(CC)C(=O)NCC1CC(=O)N(c2ccc(OC)cc2)C1. The topological polar surface area (TPSA) is 61.9 Å². The highest BCUT2D eigenvalue weighted by molar-refractivity contribution is 5.95. The van der Waals surface area contributed by atoms with Gasteiger partial charge in [0.25, 0.3) is 0 Å². The van der Waals surface area contributed by atoms with Gasteiger partial charge in [-0.1, -0.05) is 0 Å². The molecule has 126 valence electrons. The van der Waals surface area contributed by atoms with Crippen molar-refractivity contribution >= 4 is 17.6 Å². The van der Waals surface area contributed by atoms with Crippen LogP contribution in [0, 0.1) is 5.92 Å². The van der Waals surface area contributed by atoms with Crippen molar-refractivity contribution in [1.29, 1.82) is 0 Å². The van der Waals surface area contributed by atoms with E-state index in [1.807, 2.05) is 38.1 Å². The molecule has 1 aliphatic rings. The molecule has 1 aromatic rings. The van der Waals surface area contributed by atoms with Crippen LogP contribution in [0.1, 0.15) is 20.3 Å². The van der Waals surface area contributed by atoms with Gasteiger partial charge in [-0.25, -0.2) is 4.79 Å². The Morgan fingerprint density at radius 2 is 1.96 bits per heavy atom. The lowest BCUT2D eigenvalue weighted by atomic mass is 10.1. The lowest BCUT2D eigenvalue weighted by Gasteiger charge is -2.21. The molecule has 0 saturated carbocycles. The highest BCUT2D eigenvalue weighted by atomic mass is 16.5. The van der Waals surface area contributed by atoms with Crippen LogP contribution in [0.3, 0.4) is 0 Å². The number of rotatable bonds is 6. The van der Waals surface area contributed by atoms with Gasteiger partial charge >= 0.3 is 6.03 Å². The Kier molecular flexibility index (Phi) is 5.84. The van der Waals surface area contributed by atoms with Crippen LogP contribution in [0.25, 0.3) is 0 Å². The van der Waals surface area contributed by atoms with Gasteiger partial charge in [-0.15, -0.1) is 0 Å². The van der Waals surface area contributed by atoms with Crippen molar-refractivity contribution in [3.63, 3.8) is 0 Å². The molecule has 0 aliphatic carbocycles. The van der Waals surface area contributed by atoms with Crippen LogP contribution < -0.4 is 15.0 Å². The van der Waals surface area contributed by atoms with Gasteiger partial charge in [-0.3, -0.25) is 4.79 Å². The number of benzene rings is 1. The van der Waals surface area contributed by atoms with Crippen LogP contribution in [-0.2, 0) is 4.79 Å². The van der Waals surface area contributed by atoms with E-state index in [1.165, 1.54) is 0 Å². The van der Waals surface area contributed by atoms with E-state index >= 15 is 0 Å². The minimum Gasteiger partial charge on any atom is -0.497 e. The predicted molar refractivity (Wildman–Crippen MR) is 89.8 cm³/mol. The van der Waals surface area contributed by atoms with E-state index in [0.717, 1.165) is 11.4 Å². The Labute approximate surface area is 137 Å². The summed E-state index contributed by atoms with van der Waals surface area (Å²) in [6.45, 7) is 6.42. The van der Waals surface area contributed by atoms with Gasteiger partial charge in [0.15, 0.2) is 0 Å². The molecule has 1 atom stereocenters. The summed E-state index contributed by atoms with van der Waals surface area (Å²) >= 11 is 0. The maximum Gasteiger partial charge on any atom is 0.317 e. The third-order valence-corrected chi connectivity index (χ3v) is 4.18. The summed E-state index contributed by atoms with van der Waals surface area (Å²) in [6.07, 6.45) is 0.463. The second-order valence-corrected chi connectivity index (χ2v) is 5.63. The van der Waals surface area contributed by atoms with Crippen LogP contribution in [0.2, 0.25) is 0 Å². The number of urea groups is 1. The summed E-state index contributed by atoms with van der Waals surface area (Å²) in [5, 5.41) is 2.93. The molecule has 0 spiro atoms. The molecule has 1 aliphatic heterocycles. The lowest BCUT2D eigenvalue weighted by molar-refractivity contribution is -0.117. The van der Waals surface area contributed by atoms with E-state index in [0.29, 0.717) is 32.6 Å². The van der Waals surface area contributed by atoms with Crippen molar-refractivity contribution in [2.24, 2.45) is 5.92 Å². The molecule has 3 amide bonds. The predicted octanol–water partition coefficient (Wildman–Crippen LogP) is 2.10. The van der Waals surface area contributed by atoms with Crippen molar-refractivity contribution in [2.45, 2.75) is 20.3 Å². The first-order chi connectivity index (χ1) is 11.1. The molecule has 0 radical (unpaired) electrons. The number of nitrogens with one attached hydrogen (secondary N) is 1. The third-order valence-electron chi connectivity index (χ3n) is 4.18. The van der Waals surface area contributed by atoms with Crippen LogP contribution in [-0.4, -0.2) is 50.1 Å². The number of anilines is 1. The van der Waals surface area contributed by atoms with Gasteiger partial charge in [0.2, 0.25) is 5.91 Å². The molecule has 0 aromatic heterocycles. The second-order valence-electron chi connectivity index (χ2n) is 5.63. The highest BCUT2D eigenvalue weighted by Gasteiger charge is 2.30. The summed E-state index contributed by atoms with van der Waals surface area (Å²) < 4.78 is 5.13. The fraction of sp³-hybridized carbons (Fsp3) is 0.529. The summed E-state index contributed by atoms with van der Waals surface area (Å²) in [6, 6.07) is 7.39. The first kappa shape index (κ1) is 17.1. The Morgan fingerprint density at radius 1 is 1.30 bits per heavy atom. The monoisotopic (exact) mass is 319 g/mol. The van der Waals surface area contributed by atoms with E-state index in [-0.39, 0.29) is 17.9 Å². The number of hydrogen-bond donors (Lipinski definition) is 1. The van der Waals surface area contributed by atoms with Crippen molar-refractivity contribution in [3.05, 3.63) is 24.3 Å². The first-order valence-corrected chi connectivity index (χ1v) is 8.06. The molecule has 1 aromatic carbocycles. The fourth-order valence-electron chi connectivity index (χ4n) is 2.78. The van der Waals surface area contributed by atoms with Crippen molar-refractivity contribution < 1.29 is 14.3 Å². The smallest absolute Gasteiger partial charge is 0.317 e. The van der Waals surface area contributed by atoms with Gasteiger partial charge < -0.3 is 19.9 Å². The summed E-state index contributed by atoms with van der Waals surface area (Å²) in [5.41, 5.74) is 0.869. The van der Waals surface area contributed by atoms with E-state index in [1.54, 1.807) is 16.9 Å². The normalized spacial score (nSPS) is 17.3. The Hall–Kier alpha value is -2.24. The van der Waals surface area contributed by atoms with E-state index in [9.17, 15) is 9.59 Å². The number of carbonyl (C=O) groups is 2. The van der Waals surface area contributed by atoms with Crippen LogP contribution in [0.5, 0.6) is 5.75 Å². The molecular weight excluding hydrogens is 294 g/mol. The van der Waals surface area contributed by atoms with Crippen molar-refractivity contribution in [2.75, 3.05) is 38.2 Å². The molecular formula is C17H25N3O3. The average Bonchev–Trinajstić information content (AvgIpc) is 2.95. The molecule has 6 nitrogen and oxygen atoms in total. The van der Waals surface area contributed by atoms with Crippen LogP contribution >= 0.6 is 0 Å². The Bertz CT molecular complexity index is 541. The molecule has 1 unspecified atom stereocenters. The van der Waals surface area contributed by atoms with E-state index in [4.69, 9.17) is 4.74 Å². The number of ether oxygens (including phenoxy) is 1. The average molecular weight is 319 g/mol. The maximum absolute atomic E-state index is 12.2. The second kappa shape index (κ2) is 7.85. The van der Waals surface area contributed by atoms with Gasteiger partial charge in [0, 0.05) is 44.2 Å². The number of methoxy groups -OCH3 is 1. The lowest BCUT2D eigenvalue weighted by Crippen LogP contribution is -2.42. The molecule has 1 N–H and O–H groups in total. The Morgan fingerprint density at radius 3 is 2.52 bits per heavy atom. The number of amides is 3. The zero-order valence-corrected chi connectivity index (χ0v) is 14.0. The minimum atomic E-state index is -0.0645. The maximum atomic E-state index is 12.2. The zero-order valence-electron chi connectivity index (χ0n) is 14.0. The fourth-order valence-corrected chi connectivity index (χ4v) is 2.78. The molecule has 2 rings (SSSR count). The number of nitrogens with zero attached hydrogens (tertiary/aromatic N) is 2. The zero-order chi connectivity index (χ0) is 16.8. The molecule has 23 heavy (non-hydrogen) atoms. The first-order valence-electron chi connectivity index (χ1n) is 8.06. The van der Waals surface area contributed by atoms with Gasteiger partial charge in [-0.05, 0) is 38.1 Å². The van der Waals surface area contributed by atoms with Crippen LogP contribution in [0.4, 0.5) is 10.5 Å². The summed E-state index contributed by atoms with van der Waals surface area (Å²) in [7, 11) is 1.62. The number of carbonyl (C=O) groups excluding carboxylic acids is 2. The molecule has 1 saturated heterocycles. The van der Waals surface area contributed by atoms with Gasteiger partial charge in [0.05, 0.1) is 7.11 Å². The van der Waals surface area contributed by atoms with E-state index < -0.39 is 0 Å². The minimum absolute atomic E-state index is 0.0645. The molecule has 6 heteroatoms. The van der Waals surface area contributed by atoms with Crippen molar-refractivity contribution in [1.82, 2.24) is 10.2 Å². The quantitative estimate of drug-likeness (QED) is 0.873.